The van der Waals surface area contributed by atoms with E-state index < -0.39 is 12.6 Å². The number of rotatable bonds is 6. The molecule has 6 nitrogen and oxygen atoms in total. The number of hydrogen-bond acceptors (Lipinski definition) is 6. The van der Waals surface area contributed by atoms with Gasteiger partial charge in [0.2, 0.25) is 5.95 Å². The number of nitrogens with one attached hydrogen (secondary N) is 1. The van der Waals surface area contributed by atoms with Gasteiger partial charge in [-0.25, -0.2) is 0 Å². The fourth-order valence-corrected chi connectivity index (χ4v) is 1.09. The van der Waals surface area contributed by atoms with Crippen LogP contribution in [-0.2, 0) is 0 Å². The van der Waals surface area contributed by atoms with Crippen LogP contribution in [0.5, 0.6) is 12.0 Å². The monoisotopic (exact) mass is 266 g/mol. The third-order valence-corrected chi connectivity index (χ3v) is 1.88. The molecule has 18 heavy (non-hydrogen) atoms. The first-order valence-corrected chi connectivity index (χ1v) is 5.09. The highest BCUT2D eigenvalue weighted by atomic mass is 19.4. The van der Waals surface area contributed by atoms with Crippen LogP contribution in [0.15, 0.2) is 0 Å². The normalized spacial score (nSPS) is 11.2. The van der Waals surface area contributed by atoms with Crippen LogP contribution in [0.4, 0.5) is 19.1 Å². The van der Waals surface area contributed by atoms with E-state index in [4.69, 9.17) is 9.47 Å². The molecule has 1 N–H and O–H groups in total. The molecule has 1 aromatic rings. The number of alkyl halides is 3. The van der Waals surface area contributed by atoms with Crippen molar-refractivity contribution in [1.29, 1.82) is 0 Å². The molecule has 0 bridgehead atoms. The van der Waals surface area contributed by atoms with Gasteiger partial charge in [-0.05, 0) is 6.42 Å². The van der Waals surface area contributed by atoms with E-state index in [0.717, 1.165) is 0 Å². The molecule has 0 atom stereocenters. The van der Waals surface area contributed by atoms with Gasteiger partial charge in [-0.1, -0.05) is 0 Å². The summed E-state index contributed by atoms with van der Waals surface area (Å²) in [5.41, 5.74) is 0. The summed E-state index contributed by atoms with van der Waals surface area (Å²) in [6.07, 6.45) is -5.09. The molecule has 0 amide bonds. The first-order chi connectivity index (χ1) is 8.44. The third-order valence-electron chi connectivity index (χ3n) is 1.88. The summed E-state index contributed by atoms with van der Waals surface area (Å²) in [4.78, 5) is 11.4. The molecule has 0 radical (unpaired) electrons. The molecule has 0 aliphatic heterocycles. The molecule has 0 spiro atoms. The van der Waals surface area contributed by atoms with Crippen molar-refractivity contribution in [3.05, 3.63) is 0 Å². The molecule has 102 valence electrons. The van der Waals surface area contributed by atoms with Crippen molar-refractivity contribution >= 4 is 5.95 Å². The lowest BCUT2D eigenvalue weighted by Gasteiger charge is -2.08. The van der Waals surface area contributed by atoms with Crippen molar-refractivity contribution in [3.63, 3.8) is 0 Å². The van der Waals surface area contributed by atoms with E-state index in [-0.39, 0.29) is 30.9 Å². The Balaban J connectivity index is 2.51. The van der Waals surface area contributed by atoms with Crippen LogP contribution >= 0.6 is 0 Å². The highest BCUT2D eigenvalue weighted by Crippen LogP contribution is 2.21. The smallest absolute Gasteiger partial charge is 0.389 e. The molecule has 0 unspecified atom stereocenters. The summed E-state index contributed by atoms with van der Waals surface area (Å²) < 4.78 is 45.3. The highest BCUT2D eigenvalue weighted by Gasteiger charge is 2.25. The number of aromatic nitrogens is 3. The predicted molar refractivity (Wildman–Crippen MR) is 56.7 cm³/mol. The van der Waals surface area contributed by atoms with Gasteiger partial charge in [-0.15, -0.1) is 4.98 Å². The molecule has 0 aliphatic carbocycles. The van der Waals surface area contributed by atoms with Crippen LogP contribution in [0.3, 0.4) is 0 Å². The molecule has 0 saturated heterocycles. The second-order valence-corrected chi connectivity index (χ2v) is 3.28. The minimum Gasteiger partial charge on any atom is -0.467 e. The number of ether oxygens (including phenoxy) is 2. The lowest BCUT2D eigenvalue weighted by molar-refractivity contribution is -0.134. The van der Waals surface area contributed by atoms with Crippen LogP contribution in [0.1, 0.15) is 12.8 Å². The zero-order chi connectivity index (χ0) is 13.6. The Kier molecular flexibility index (Phi) is 4.93. The van der Waals surface area contributed by atoms with E-state index >= 15 is 0 Å². The number of hydrogen-bond donors (Lipinski definition) is 1. The standard InChI is InChI=1S/C9H13F3N4O2/c1-17-7-14-6(15-8(16-7)18-2)13-5-3-4-9(10,11)12/h3-5H2,1-2H3,(H,13,14,15,16). The van der Waals surface area contributed by atoms with E-state index in [0.29, 0.717) is 0 Å². The Bertz CT molecular complexity index is 364. The third kappa shape index (κ3) is 5.02. The van der Waals surface area contributed by atoms with Crippen molar-refractivity contribution in [2.45, 2.75) is 19.0 Å². The molecule has 0 saturated carbocycles. The van der Waals surface area contributed by atoms with Crippen molar-refractivity contribution < 1.29 is 22.6 Å². The molecular weight excluding hydrogens is 253 g/mol. The van der Waals surface area contributed by atoms with E-state index in [9.17, 15) is 13.2 Å². The van der Waals surface area contributed by atoms with E-state index in [1.807, 2.05) is 0 Å². The zero-order valence-corrected chi connectivity index (χ0v) is 9.91. The van der Waals surface area contributed by atoms with E-state index in [1.165, 1.54) is 14.2 Å². The van der Waals surface area contributed by atoms with Crippen LogP contribution in [0, 0.1) is 0 Å². The summed E-state index contributed by atoms with van der Waals surface area (Å²) in [6, 6.07) is 0.0559. The largest absolute Gasteiger partial charge is 0.467 e. The van der Waals surface area contributed by atoms with Crippen LogP contribution < -0.4 is 14.8 Å². The minimum absolute atomic E-state index is 0.0279. The molecule has 9 heteroatoms. The van der Waals surface area contributed by atoms with Gasteiger partial charge in [0.05, 0.1) is 14.2 Å². The maximum atomic E-state index is 11.9. The first kappa shape index (κ1) is 14.3. The van der Waals surface area contributed by atoms with Crippen molar-refractivity contribution in [2.75, 3.05) is 26.1 Å². The number of nitrogens with zero attached hydrogens (tertiary/aromatic N) is 3. The van der Waals surface area contributed by atoms with Gasteiger partial charge in [-0.2, -0.15) is 23.1 Å². The van der Waals surface area contributed by atoms with Crippen LogP contribution in [-0.4, -0.2) is 41.9 Å². The second kappa shape index (κ2) is 6.22. The van der Waals surface area contributed by atoms with E-state index in [2.05, 4.69) is 20.3 Å². The Morgan fingerprint density at radius 2 is 1.61 bits per heavy atom. The summed E-state index contributed by atoms with van der Waals surface area (Å²) in [7, 11) is 2.73. The lowest BCUT2D eigenvalue weighted by atomic mass is 10.3. The zero-order valence-electron chi connectivity index (χ0n) is 9.91. The fourth-order valence-electron chi connectivity index (χ4n) is 1.09. The van der Waals surface area contributed by atoms with E-state index in [1.54, 1.807) is 0 Å². The average molecular weight is 266 g/mol. The van der Waals surface area contributed by atoms with Crippen molar-refractivity contribution in [3.8, 4) is 12.0 Å². The van der Waals surface area contributed by atoms with Crippen LogP contribution in [0.2, 0.25) is 0 Å². The molecular formula is C9H13F3N4O2. The summed E-state index contributed by atoms with van der Waals surface area (Å²) in [6.45, 7) is 0.0931. The highest BCUT2D eigenvalue weighted by molar-refractivity contribution is 5.27. The predicted octanol–water partition coefficient (Wildman–Crippen LogP) is 1.64. The second-order valence-electron chi connectivity index (χ2n) is 3.28. The maximum absolute atomic E-state index is 11.9. The molecule has 1 heterocycles. The fraction of sp³-hybridized carbons (Fsp3) is 0.667. The summed E-state index contributed by atoms with van der Waals surface area (Å²) in [5, 5.41) is 2.64. The Hall–Kier alpha value is -1.80. The summed E-state index contributed by atoms with van der Waals surface area (Å²) in [5.74, 6) is 0.112. The average Bonchev–Trinajstić information content (AvgIpc) is 2.33. The van der Waals surface area contributed by atoms with Crippen LogP contribution in [0.25, 0.3) is 0 Å². The Labute approximate surface area is 102 Å². The van der Waals surface area contributed by atoms with Crippen molar-refractivity contribution in [2.24, 2.45) is 0 Å². The van der Waals surface area contributed by atoms with Gasteiger partial charge >= 0.3 is 18.2 Å². The van der Waals surface area contributed by atoms with Gasteiger partial charge in [0.1, 0.15) is 0 Å². The van der Waals surface area contributed by atoms with Gasteiger partial charge in [0, 0.05) is 13.0 Å². The van der Waals surface area contributed by atoms with Gasteiger partial charge < -0.3 is 14.8 Å². The van der Waals surface area contributed by atoms with Crippen molar-refractivity contribution in [1.82, 2.24) is 15.0 Å². The number of halogens is 3. The Morgan fingerprint density at radius 3 is 2.06 bits per heavy atom. The number of methoxy groups -OCH3 is 2. The van der Waals surface area contributed by atoms with Gasteiger partial charge in [0.15, 0.2) is 0 Å². The summed E-state index contributed by atoms with van der Waals surface area (Å²) >= 11 is 0. The van der Waals surface area contributed by atoms with Gasteiger partial charge in [0.25, 0.3) is 0 Å². The molecule has 0 fully saturated rings. The lowest BCUT2D eigenvalue weighted by Crippen LogP contribution is -2.12. The molecule has 0 aliphatic rings. The topological polar surface area (TPSA) is 69.2 Å². The SMILES string of the molecule is COc1nc(NCCCC(F)(F)F)nc(OC)n1. The Morgan fingerprint density at radius 1 is 1.06 bits per heavy atom. The first-order valence-electron chi connectivity index (χ1n) is 5.09. The minimum atomic E-state index is -4.16. The maximum Gasteiger partial charge on any atom is 0.389 e. The van der Waals surface area contributed by atoms with Gasteiger partial charge in [-0.3, -0.25) is 0 Å². The quantitative estimate of drug-likeness (QED) is 0.789. The number of anilines is 1. The molecule has 0 aromatic carbocycles. The molecule has 1 rings (SSSR count). The molecule has 1 aromatic heterocycles.